The molecule has 0 aromatic heterocycles. The van der Waals surface area contributed by atoms with Crippen molar-refractivity contribution in [3.8, 4) is 12.3 Å². The molecule has 0 atom stereocenters. The van der Waals surface area contributed by atoms with Gasteiger partial charge in [0.05, 0.1) is 13.0 Å². The summed E-state index contributed by atoms with van der Waals surface area (Å²) < 4.78 is 0. The van der Waals surface area contributed by atoms with E-state index in [1.807, 2.05) is 0 Å². The fraction of sp³-hybridized carbons (Fsp3) is 0.500. The van der Waals surface area contributed by atoms with Crippen LogP contribution in [0.5, 0.6) is 0 Å². The highest BCUT2D eigenvalue weighted by Crippen LogP contribution is 2.05. The van der Waals surface area contributed by atoms with Crippen LogP contribution in [-0.2, 0) is 14.5 Å². The van der Waals surface area contributed by atoms with Gasteiger partial charge >= 0.3 is 0 Å². The third-order valence-electron chi connectivity index (χ3n) is 0.993. The molecule has 0 aliphatic carbocycles. The van der Waals surface area contributed by atoms with Crippen molar-refractivity contribution in [2.45, 2.75) is 6.42 Å². The largest absolute Gasteiger partial charge is 0.275 e. The molecule has 1 fully saturated rings. The Morgan fingerprint density at radius 1 is 1.90 bits per heavy atom. The number of terminal acetylenes is 1. The topological polar surface area (TPSA) is 38.8 Å². The van der Waals surface area contributed by atoms with E-state index < -0.39 is 0 Å². The van der Waals surface area contributed by atoms with Crippen molar-refractivity contribution in [3.05, 3.63) is 0 Å². The highest BCUT2D eigenvalue weighted by Gasteiger charge is 2.21. The molecule has 10 heavy (non-hydrogen) atoms. The van der Waals surface area contributed by atoms with Crippen LogP contribution in [0.4, 0.5) is 0 Å². The molecule has 0 unspecified atom stereocenters. The van der Waals surface area contributed by atoms with E-state index in [4.69, 9.17) is 11.3 Å². The minimum absolute atomic E-state index is 0.0613. The Morgan fingerprint density at radius 3 is 3.20 bits per heavy atom. The maximum atomic E-state index is 10.7. The first-order valence-electron chi connectivity index (χ1n) is 2.87. The molecule has 0 bridgehead atoms. The summed E-state index contributed by atoms with van der Waals surface area (Å²) in [5.74, 6) is 2.03. The zero-order chi connectivity index (χ0) is 7.40. The third-order valence-corrected chi connectivity index (χ3v) is 0.993. The standard InChI is InChI=1S/C6H7NO3/c1-2-4-9-7-6(8)3-5-10-7/h1H,3-5H2. The Labute approximate surface area is 58.6 Å². The van der Waals surface area contributed by atoms with Gasteiger partial charge in [-0.05, 0) is 0 Å². The summed E-state index contributed by atoms with van der Waals surface area (Å²) in [6.45, 7) is 0.440. The van der Waals surface area contributed by atoms with Gasteiger partial charge in [-0.1, -0.05) is 11.1 Å². The van der Waals surface area contributed by atoms with E-state index in [0.717, 1.165) is 5.23 Å². The smallest absolute Gasteiger partial charge is 0.270 e. The molecule has 0 aromatic carbocycles. The van der Waals surface area contributed by atoms with Crippen LogP contribution in [0.2, 0.25) is 0 Å². The lowest BCUT2D eigenvalue weighted by molar-refractivity contribution is -0.315. The molecule has 0 aromatic rings. The van der Waals surface area contributed by atoms with Crippen LogP contribution in [0.3, 0.4) is 0 Å². The lowest BCUT2D eigenvalue weighted by Gasteiger charge is -2.09. The van der Waals surface area contributed by atoms with Crippen LogP contribution < -0.4 is 0 Å². The van der Waals surface area contributed by atoms with E-state index in [2.05, 4.69) is 10.8 Å². The Kier molecular flexibility index (Phi) is 2.26. The number of nitrogens with zero attached hydrogens (tertiary/aromatic N) is 1. The number of amides is 1. The second-order valence-electron chi connectivity index (χ2n) is 1.71. The predicted octanol–water partition coefficient (Wildman–Crippen LogP) is -0.285. The van der Waals surface area contributed by atoms with Gasteiger partial charge < -0.3 is 0 Å². The Balaban J connectivity index is 2.28. The lowest BCUT2D eigenvalue weighted by atomic mass is 10.5. The third kappa shape index (κ3) is 1.47. The average molecular weight is 141 g/mol. The van der Waals surface area contributed by atoms with Crippen molar-refractivity contribution >= 4 is 5.91 Å². The van der Waals surface area contributed by atoms with Crippen LogP contribution in [0.25, 0.3) is 0 Å². The van der Waals surface area contributed by atoms with Gasteiger partial charge in [-0.25, -0.2) is 9.68 Å². The summed E-state index contributed by atoms with van der Waals surface area (Å²) in [4.78, 5) is 20.1. The SMILES string of the molecule is C#CCON1OCCC1=O. The van der Waals surface area contributed by atoms with Crippen LogP contribution >= 0.6 is 0 Å². The highest BCUT2D eigenvalue weighted by molar-refractivity contribution is 5.75. The minimum atomic E-state index is -0.185. The summed E-state index contributed by atoms with van der Waals surface area (Å²) in [7, 11) is 0. The first kappa shape index (κ1) is 7.06. The number of hydrogen-bond donors (Lipinski definition) is 0. The van der Waals surface area contributed by atoms with Crippen LogP contribution in [0.15, 0.2) is 0 Å². The maximum absolute atomic E-state index is 10.7. The molecule has 1 saturated heterocycles. The Bertz CT molecular complexity index is 172. The quantitative estimate of drug-likeness (QED) is 0.496. The number of hydrogen-bond acceptors (Lipinski definition) is 3. The molecule has 4 nitrogen and oxygen atoms in total. The first-order chi connectivity index (χ1) is 4.84. The van der Waals surface area contributed by atoms with Crippen molar-refractivity contribution in [1.82, 2.24) is 5.23 Å². The molecule has 0 N–H and O–H groups in total. The molecule has 1 aliphatic rings. The monoisotopic (exact) mass is 141 g/mol. The van der Waals surface area contributed by atoms with Gasteiger partial charge in [0, 0.05) is 0 Å². The van der Waals surface area contributed by atoms with Crippen molar-refractivity contribution in [2.24, 2.45) is 0 Å². The zero-order valence-electron chi connectivity index (χ0n) is 5.37. The van der Waals surface area contributed by atoms with E-state index in [1.165, 1.54) is 0 Å². The van der Waals surface area contributed by atoms with Gasteiger partial charge in [0.1, 0.15) is 6.61 Å². The average Bonchev–Trinajstić information content (AvgIpc) is 2.31. The Hall–Kier alpha value is -1.05. The second kappa shape index (κ2) is 3.20. The molecule has 1 amide bonds. The minimum Gasteiger partial charge on any atom is -0.270 e. The van der Waals surface area contributed by atoms with Gasteiger partial charge in [-0.15, -0.1) is 6.42 Å². The van der Waals surface area contributed by atoms with Gasteiger partial charge in [0.15, 0.2) is 0 Å². The van der Waals surface area contributed by atoms with Crippen LogP contribution in [0.1, 0.15) is 6.42 Å². The van der Waals surface area contributed by atoms with Crippen LogP contribution in [0, 0.1) is 12.3 Å². The van der Waals surface area contributed by atoms with E-state index in [-0.39, 0.29) is 12.5 Å². The zero-order valence-corrected chi connectivity index (χ0v) is 5.37. The van der Waals surface area contributed by atoms with Crippen molar-refractivity contribution in [3.63, 3.8) is 0 Å². The molecular weight excluding hydrogens is 134 g/mol. The van der Waals surface area contributed by atoms with Crippen molar-refractivity contribution in [2.75, 3.05) is 13.2 Å². The number of hydroxylamine groups is 2. The summed E-state index contributed by atoms with van der Waals surface area (Å²) in [5, 5.41) is 0.833. The van der Waals surface area contributed by atoms with Crippen molar-refractivity contribution in [1.29, 1.82) is 0 Å². The number of carbonyl (C=O) groups excluding carboxylic acids is 1. The molecular formula is C6H7NO3. The number of rotatable bonds is 2. The van der Waals surface area contributed by atoms with Crippen LogP contribution in [-0.4, -0.2) is 24.3 Å². The van der Waals surface area contributed by atoms with Gasteiger partial charge in [0.2, 0.25) is 0 Å². The molecule has 1 heterocycles. The first-order valence-corrected chi connectivity index (χ1v) is 2.87. The maximum Gasteiger partial charge on any atom is 0.275 e. The second-order valence-corrected chi connectivity index (χ2v) is 1.71. The number of carbonyl (C=O) groups is 1. The normalized spacial score (nSPS) is 17.5. The van der Waals surface area contributed by atoms with Gasteiger partial charge in [0.25, 0.3) is 5.91 Å². The van der Waals surface area contributed by atoms with E-state index in [1.54, 1.807) is 0 Å². The fourth-order valence-electron chi connectivity index (χ4n) is 0.584. The van der Waals surface area contributed by atoms with E-state index >= 15 is 0 Å². The van der Waals surface area contributed by atoms with Crippen molar-refractivity contribution < 1.29 is 14.5 Å². The van der Waals surface area contributed by atoms with Gasteiger partial charge in [-0.2, -0.15) is 0 Å². The van der Waals surface area contributed by atoms with E-state index in [9.17, 15) is 4.79 Å². The van der Waals surface area contributed by atoms with E-state index in [0.29, 0.717) is 13.0 Å². The highest BCUT2D eigenvalue weighted by atomic mass is 17.0. The summed E-state index contributed by atoms with van der Waals surface area (Å²) >= 11 is 0. The Morgan fingerprint density at radius 2 is 2.70 bits per heavy atom. The molecule has 1 rings (SSSR count). The summed E-state index contributed by atoms with van der Waals surface area (Å²) in [5.41, 5.74) is 0. The molecule has 1 aliphatic heterocycles. The molecule has 4 heteroatoms. The molecule has 0 radical (unpaired) electrons. The molecule has 0 spiro atoms. The summed E-state index contributed by atoms with van der Waals surface area (Å²) in [6.07, 6.45) is 5.25. The lowest BCUT2D eigenvalue weighted by Crippen LogP contribution is -2.23. The summed E-state index contributed by atoms with van der Waals surface area (Å²) in [6, 6.07) is 0. The molecule has 0 saturated carbocycles. The fourth-order valence-corrected chi connectivity index (χ4v) is 0.584. The van der Waals surface area contributed by atoms with Gasteiger partial charge in [-0.3, -0.25) is 4.79 Å². The molecule has 54 valence electrons. The predicted molar refractivity (Wildman–Crippen MR) is 32.2 cm³/mol.